The Hall–Kier alpha value is -2.56. The second-order valence-electron chi connectivity index (χ2n) is 5.58. The van der Waals surface area contributed by atoms with Crippen molar-refractivity contribution in [2.24, 2.45) is 0 Å². The average molecular weight is 313 g/mol. The number of nitrogens with zero attached hydrogens (tertiary/aromatic N) is 2. The molecule has 0 radical (unpaired) electrons. The fraction of sp³-hybridized carbons (Fsp3) is 0.333. The fourth-order valence-corrected chi connectivity index (χ4v) is 3.03. The molecule has 0 atom stereocenters. The van der Waals surface area contributed by atoms with E-state index in [1.165, 1.54) is 0 Å². The third-order valence-corrected chi connectivity index (χ3v) is 4.25. The maximum Gasteiger partial charge on any atom is 0.144 e. The van der Waals surface area contributed by atoms with E-state index in [1.54, 1.807) is 14.2 Å². The van der Waals surface area contributed by atoms with Crippen LogP contribution in [0.15, 0.2) is 42.5 Å². The van der Waals surface area contributed by atoms with Crippen molar-refractivity contribution in [3.05, 3.63) is 42.5 Å². The number of nitrogen functional groups attached to an aromatic ring is 1. The largest absolute Gasteiger partial charge is 0.495 e. The van der Waals surface area contributed by atoms with E-state index < -0.39 is 0 Å². The molecule has 1 heterocycles. The Bertz CT molecular complexity index is 667. The lowest BCUT2D eigenvalue weighted by atomic mass is 10.2. The molecule has 23 heavy (non-hydrogen) atoms. The molecule has 1 aliphatic rings. The van der Waals surface area contributed by atoms with Gasteiger partial charge in [0.05, 0.1) is 25.6 Å². The van der Waals surface area contributed by atoms with Crippen molar-refractivity contribution in [1.82, 2.24) is 0 Å². The van der Waals surface area contributed by atoms with Crippen LogP contribution in [0.2, 0.25) is 0 Å². The van der Waals surface area contributed by atoms with Gasteiger partial charge in [-0.15, -0.1) is 0 Å². The highest BCUT2D eigenvalue weighted by molar-refractivity contribution is 5.65. The maximum absolute atomic E-state index is 5.84. The van der Waals surface area contributed by atoms with Crippen molar-refractivity contribution >= 4 is 17.1 Å². The molecule has 0 amide bonds. The predicted octanol–water partition coefficient (Wildman–Crippen LogP) is 2.61. The van der Waals surface area contributed by atoms with Crippen LogP contribution in [0.3, 0.4) is 0 Å². The van der Waals surface area contributed by atoms with Crippen LogP contribution in [-0.4, -0.2) is 40.4 Å². The Morgan fingerprint density at radius 1 is 0.783 bits per heavy atom. The minimum Gasteiger partial charge on any atom is -0.495 e. The standard InChI is InChI=1S/C18H23N3O2/c1-22-17-6-4-3-5-15(17)20-9-11-21(12-10-20)16-8-7-14(19)13-18(16)23-2/h3-8,13H,9-12,19H2,1-2H3. The Balaban J connectivity index is 1.74. The maximum atomic E-state index is 5.84. The molecule has 5 nitrogen and oxygen atoms in total. The molecule has 2 aromatic carbocycles. The van der Waals surface area contributed by atoms with Crippen LogP contribution < -0.4 is 25.0 Å². The first kappa shape index (κ1) is 15.3. The highest BCUT2D eigenvalue weighted by atomic mass is 16.5. The Labute approximate surface area is 137 Å². The van der Waals surface area contributed by atoms with E-state index in [0.717, 1.165) is 54.7 Å². The summed E-state index contributed by atoms with van der Waals surface area (Å²) in [5.41, 5.74) is 8.81. The Morgan fingerprint density at radius 2 is 1.35 bits per heavy atom. The summed E-state index contributed by atoms with van der Waals surface area (Å²) >= 11 is 0. The van der Waals surface area contributed by atoms with Crippen LogP contribution in [0, 0.1) is 0 Å². The number of rotatable bonds is 4. The second-order valence-corrected chi connectivity index (χ2v) is 5.58. The van der Waals surface area contributed by atoms with Gasteiger partial charge in [-0.1, -0.05) is 12.1 Å². The van der Waals surface area contributed by atoms with Gasteiger partial charge in [0.15, 0.2) is 0 Å². The summed E-state index contributed by atoms with van der Waals surface area (Å²) in [6.45, 7) is 3.73. The number of hydrogen-bond donors (Lipinski definition) is 1. The quantitative estimate of drug-likeness (QED) is 0.879. The van der Waals surface area contributed by atoms with Crippen molar-refractivity contribution in [2.45, 2.75) is 0 Å². The molecule has 1 fully saturated rings. The Kier molecular flexibility index (Phi) is 4.46. The van der Waals surface area contributed by atoms with Crippen LogP contribution in [0.4, 0.5) is 17.1 Å². The molecule has 122 valence electrons. The zero-order valence-electron chi connectivity index (χ0n) is 13.7. The molecular formula is C18H23N3O2. The molecule has 3 rings (SSSR count). The summed E-state index contributed by atoms with van der Waals surface area (Å²) < 4.78 is 10.9. The molecule has 5 heteroatoms. The van der Waals surface area contributed by atoms with Crippen molar-refractivity contribution in [1.29, 1.82) is 0 Å². The van der Waals surface area contributed by atoms with Crippen molar-refractivity contribution < 1.29 is 9.47 Å². The number of para-hydroxylation sites is 2. The van der Waals surface area contributed by atoms with Gasteiger partial charge in [-0.3, -0.25) is 0 Å². The minimum atomic E-state index is 0.721. The van der Waals surface area contributed by atoms with Crippen LogP contribution >= 0.6 is 0 Å². The fourth-order valence-electron chi connectivity index (χ4n) is 3.03. The van der Waals surface area contributed by atoms with E-state index in [1.807, 2.05) is 36.4 Å². The molecular weight excluding hydrogens is 290 g/mol. The van der Waals surface area contributed by atoms with Crippen LogP contribution in [0.1, 0.15) is 0 Å². The lowest BCUT2D eigenvalue weighted by Crippen LogP contribution is -2.46. The summed E-state index contributed by atoms with van der Waals surface area (Å²) in [6, 6.07) is 14.0. The van der Waals surface area contributed by atoms with Gasteiger partial charge >= 0.3 is 0 Å². The van der Waals surface area contributed by atoms with Crippen molar-refractivity contribution in [2.75, 3.05) is 55.9 Å². The van der Waals surface area contributed by atoms with Crippen molar-refractivity contribution in [3.63, 3.8) is 0 Å². The third-order valence-electron chi connectivity index (χ3n) is 4.25. The molecule has 0 aliphatic carbocycles. The van der Waals surface area contributed by atoms with E-state index in [4.69, 9.17) is 15.2 Å². The summed E-state index contributed by atoms with van der Waals surface area (Å²) in [5.74, 6) is 1.75. The van der Waals surface area contributed by atoms with Gasteiger partial charge in [-0.05, 0) is 24.3 Å². The first-order valence-corrected chi connectivity index (χ1v) is 7.79. The third kappa shape index (κ3) is 3.13. The van der Waals surface area contributed by atoms with Gasteiger partial charge in [0.25, 0.3) is 0 Å². The molecule has 0 aromatic heterocycles. The highest BCUT2D eigenvalue weighted by Gasteiger charge is 2.21. The summed E-state index contributed by atoms with van der Waals surface area (Å²) in [6.07, 6.45) is 0. The Morgan fingerprint density at radius 3 is 1.96 bits per heavy atom. The van der Waals surface area contributed by atoms with E-state index in [0.29, 0.717) is 0 Å². The molecule has 0 spiro atoms. The summed E-state index contributed by atoms with van der Waals surface area (Å²) in [4.78, 5) is 4.70. The highest BCUT2D eigenvalue weighted by Crippen LogP contribution is 2.33. The minimum absolute atomic E-state index is 0.721. The molecule has 1 aliphatic heterocycles. The van der Waals surface area contributed by atoms with Crippen LogP contribution in [0.25, 0.3) is 0 Å². The first-order valence-electron chi connectivity index (χ1n) is 7.79. The first-order chi connectivity index (χ1) is 11.2. The number of anilines is 3. The number of ether oxygens (including phenoxy) is 2. The lowest BCUT2D eigenvalue weighted by Gasteiger charge is -2.38. The van der Waals surface area contributed by atoms with E-state index in [2.05, 4.69) is 15.9 Å². The number of nitrogens with two attached hydrogens (primary N) is 1. The predicted molar refractivity (Wildman–Crippen MR) is 94.8 cm³/mol. The molecule has 1 saturated heterocycles. The second kappa shape index (κ2) is 6.69. The van der Waals surface area contributed by atoms with Gasteiger partial charge in [-0.2, -0.15) is 0 Å². The zero-order chi connectivity index (χ0) is 16.2. The van der Waals surface area contributed by atoms with Crippen LogP contribution in [-0.2, 0) is 0 Å². The van der Waals surface area contributed by atoms with Gasteiger partial charge in [-0.25, -0.2) is 0 Å². The molecule has 0 bridgehead atoms. The number of piperazine rings is 1. The zero-order valence-corrected chi connectivity index (χ0v) is 13.7. The molecule has 2 N–H and O–H groups in total. The van der Waals surface area contributed by atoms with Gasteiger partial charge in [0.2, 0.25) is 0 Å². The lowest BCUT2D eigenvalue weighted by molar-refractivity contribution is 0.411. The monoisotopic (exact) mass is 313 g/mol. The van der Waals surface area contributed by atoms with E-state index in [9.17, 15) is 0 Å². The van der Waals surface area contributed by atoms with Gasteiger partial charge < -0.3 is 25.0 Å². The molecule has 2 aromatic rings. The van der Waals surface area contributed by atoms with Crippen LogP contribution in [0.5, 0.6) is 11.5 Å². The molecule has 0 saturated carbocycles. The number of methoxy groups -OCH3 is 2. The summed E-state index contributed by atoms with van der Waals surface area (Å²) in [7, 11) is 3.40. The normalized spacial score (nSPS) is 14.7. The summed E-state index contributed by atoms with van der Waals surface area (Å²) in [5, 5.41) is 0. The number of hydrogen-bond acceptors (Lipinski definition) is 5. The smallest absolute Gasteiger partial charge is 0.144 e. The van der Waals surface area contributed by atoms with Crippen molar-refractivity contribution in [3.8, 4) is 11.5 Å². The SMILES string of the molecule is COc1ccccc1N1CCN(c2ccc(N)cc2OC)CC1. The molecule has 0 unspecified atom stereocenters. The van der Waals surface area contributed by atoms with Gasteiger partial charge in [0.1, 0.15) is 11.5 Å². The van der Waals surface area contributed by atoms with E-state index in [-0.39, 0.29) is 0 Å². The topological polar surface area (TPSA) is 51.0 Å². The van der Waals surface area contributed by atoms with Gasteiger partial charge in [0, 0.05) is 37.9 Å². The average Bonchev–Trinajstić information content (AvgIpc) is 2.61. The van der Waals surface area contributed by atoms with E-state index >= 15 is 0 Å². The number of benzene rings is 2.